The Hall–Kier alpha value is -0.900. The lowest BCUT2D eigenvalue weighted by Crippen LogP contribution is -2.28. The van der Waals surface area contributed by atoms with Crippen molar-refractivity contribution in [3.05, 3.63) is 34.7 Å². The maximum Gasteiger partial charge on any atom is 0.0349 e. The fourth-order valence-corrected chi connectivity index (χ4v) is 4.34. The van der Waals surface area contributed by atoms with Gasteiger partial charge in [-0.3, -0.25) is 4.90 Å². The molecule has 1 aromatic heterocycles. The molecular formula is C18H24N2S. The zero-order valence-electron chi connectivity index (χ0n) is 12.6. The molecule has 21 heavy (non-hydrogen) atoms. The fourth-order valence-electron chi connectivity index (χ4n) is 3.25. The topological polar surface area (TPSA) is 29.3 Å². The minimum absolute atomic E-state index is 0.676. The van der Waals surface area contributed by atoms with E-state index >= 15 is 0 Å². The zero-order valence-corrected chi connectivity index (χ0v) is 13.4. The molecule has 1 heterocycles. The summed E-state index contributed by atoms with van der Waals surface area (Å²) in [4.78, 5) is 4.09. The van der Waals surface area contributed by atoms with Crippen LogP contribution in [0.4, 0.5) is 0 Å². The molecule has 0 amide bonds. The maximum atomic E-state index is 6.01. The van der Waals surface area contributed by atoms with Crippen LogP contribution >= 0.6 is 11.3 Å². The molecule has 2 N–H and O–H groups in total. The largest absolute Gasteiger partial charge is 0.326 e. The van der Waals surface area contributed by atoms with Crippen molar-refractivity contribution in [1.82, 2.24) is 4.90 Å². The first kappa shape index (κ1) is 13.7. The van der Waals surface area contributed by atoms with Gasteiger partial charge in [0.2, 0.25) is 0 Å². The van der Waals surface area contributed by atoms with Crippen LogP contribution in [0.15, 0.2) is 24.3 Å². The minimum Gasteiger partial charge on any atom is -0.326 e. The number of nitrogens with zero attached hydrogens (tertiary/aromatic N) is 1. The average molecular weight is 300 g/mol. The molecule has 2 nitrogen and oxygen atoms in total. The number of hydrogen-bond acceptors (Lipinski definition) is 3. The van der Waals surface area contributed by atoms with E-state index < -0.39 is 0 Å². The molecule has 0 atom stereocenters. The molecule has 0 aliphatic heterocycles. The highest BCUT2D eigenvalue weighted by Gasteiger charge is 2.29. The third-order valence-electron chi connectivity index (χ3n) is 4.78. The van der Waals surface area contributed by atoms with Gasteiger partial charge in [-0.15, -0.1) is 11.3 Å². The van der Waals surface area contributed by atoms with Gasteiger partial charge in [-0.2, -0.15) is 0 Å². The predicted octanol–water partition coefficient (Wildman–Crippen LogP) is 3.98. The number of thiophene rings is 1. The summed E-state index contributed by atoms with van der Waals surface area (Å²) in [6, 6.07) is 8.79. The van der Waals surface area contributed by atoms with E-state index in [-0.39, 0.29) is 0 Å². The van der Waals surface area contributed by atoms with Crippen LogP contribution in [0, 0.1) is 11.8 Å². The average Bonchev–Trinajstić information content (AvgIpc) is 3.41. The molecule has 3 heteroatoms. The fraction of sp³-hybridized carbons (Fsp3) is 0.556. The van der Waals surface area contributed by atoms with Crippen LogP contribution in [0.25, 0.3) is 10.1 Å². The summed E-state index contributed by atoms with van der Waals surface area (Å²) < 4.78 is 1.39. The van der Waals surface area contributed by atoms with Crippen molar-refractivity contribution in [2.24, 2.45) is 17.6 Å². The molecule has 2 saturated carbocycles. The lowest BCUT2D eigenvalue weighted by Gasteiger charge is -2.22. The number of nitrogens with two attached hydrogens (primary N) is 1. The van der Waals surface area contributed by atoms with E-state index in [1.165, 1.54) is 59.3 Å². The van der Waals surface area contributed by atoms with E-state index in [4.69, 9.17) is 5.73 Å². The van der Waals surface area contributed by atoms with Crippen LogP contribution in [0.2, 0.25) is 0 Å². The van der Waals surface area contributed by atoms with Crippen molar-refractivity contribution in [3.63, 3.8) is 0 Å². The lowest BCUT2D eigenvalue weighted by molar-refractivity contribution is 0.245. The van der Waals surface area contributed by atoms with Gasteiger partial charge in [0.05, 0.1) is 0 Å². The van der Waals surface area contributed by atoms with Crippen molar-refractivity contribution in [1.29, 1.82) is 0 Å². The summed E-state index contributed by atoms with van der Waals surface area (Å²) in [6.07, 6.45) is 5.76. The van der Waals surface area contributed by atoms with Gasteiger partial charge in [0.15, 0.2) is 0 Å². The molecule has 0 radical (unpaired) electrons. The second-order valence-corrected chi connectivity index (χ2v) is 7.92. The number of rotatable bonds is 7. The normalized spacial score (nSPS) is 18.8. The molecule has 2 aliphatic rings. The summed E-state index contributed by atoms with van der Waals surface area (Å²) in [7, 11) is 0. The Morgan fingerprint density at radius 1 is 1.05 bits per heavy atom. The Morgan fingerprint density at radius 2 is 1.71 bits per heavy atom. The lowest BCUT2D eigenvalue weighted by atomic mass is 10.1. The monoisotopic (exact) mass is 300 g/mol. The Kier molecular flexibility index (Phi) is 3.74. The Morgan fingerprint density at radius 3 is 2.33 bits per heavy atom. The summed E-state index contributed by atoms with van der Waals surface area (Å²) >= 11 is 1.88. The number of hydrogen-bond donors (Lipinski definition) is 1. The number of benzene rings is 1. The molecular weight excluding hydrogens is 276 g/mol. The van der Waals surface area contributed by atoms with Gasteiger partial charge in [-0.05, 0) is 54.5 Å². The van der Waals surface area contributed by atoms with Crippen LogP contribution in [0.3, 0.4) is 0 Å². The van der Waals surface area contributed by atoms with Crippen molar-refractivity contribution in [2.75, 3.05) is 13.1 Å². The molecule has 0 saturated heterocycles. The summed E-state index contributed by atoms with van der Waals surface area (Å²) in [5.41, 5.74) is 7.51. The van der Waals surface area contributed by atoms with E-state index in [0.717, 1.165) is 18.4 Å². The van der Waals surface area contributed by atoms with E-state index in [9.17, 15) is 0 Å². The Labute approximate surface area is 130 Å². The van der Waals surface area contributed by atoms with Crippen molar-refractivity contribution in [2.45, 2.75) is 38.8 Å². The van der Waals surface area contributed by atoms with Gasteiger partial charge in [-0.1, -0.05) is 18.2 Å². The third kappa shape index (κ3) is 3.15. The SMILES string of the molecule is NCc1sc2ccccc2c1CN(CC1CC1)CC1CC1. The predicted molar refractivity (Wildman–Crippen MR) is 90.4 cm³/mol. The number of fused-ring (bicyclic) bond motifs is 1. The van der Waals surface area contributed by atoms with Gasteiger partial charge in [0, 0.05) is 35.8 Å². The first-order chi connectivity index (χ1) is 10.3. The van der Waals surface area contributed by atoms with Gasteiger partial charge in [-0.25, -0.2) is 0 Å². The first-order valence-corrected chi connectivity index (χ1v) is 9.07. The highest BCUT2D eigenvalue weighted by atomic mass is 32.1. The van der Waals surface area contributed by atoms with Gasteiger partial charge in [0.1, 0.15) is 0 Å². The standard InChI is InChI=1S/C18H24N2S/c19-9-18-16(15-3-1-2-4-17(15)21-18)12-20(10-13-5-6-13)11-14-7-8-14/h1-4,13-14H,5-12,19H2. The molecule has 2 aliphatic carbocycles. The van der Waals surface area contributed by atoms with Crippen molar-refractivity contribution < 1.29 is 0 Å². The zero-order chi connectivity index (χ0) is 14.2. The van der Waals surface area contributed by atoms with Crippen LogP contribution < -0.4 is 5.73 Å². The van der Waals surface area contributed by atoms with Crippen LogP contribution in [0.1, 0.15) is 36.1 Å². The quantitative estimate of drug-likeness (QED) is 0.838. The Balaban J connectivity index is 1.60. The van der Waals surface area contributed by atoms with E-state index in [0.29, 0.717) is 6.54 Å². The molecule has 112 valence electrons. The second-order valence-electron chi connectivity index (χ2n) is 6.78. The van der Waals surface area contributed by atoms with E-state index in [2.05, 4.69) is 29.2 Å². The van der Waals surface area contributed by atoms with Crippen molar-refractivity contribution in [3.8, 4) is 0 Å². The van der Waals surface area contributed by atoms with E-state index in [1.54, 1.807) is 0 Å². The van der Waals surface area contributed by atoms with Gasteiger partial charge >= 0.3 is 0 Å². The van der Waals surface area contributed by atoms with Gasteiger partial charge in [0.25, 0.3) is 0 Å². The Bertz CT molecular complexity index is 611. The van der Waals surface area contributed by atoms with E-state index in [1.807, 2.05) is 11.3 Å². The highest BCUT2D eigenvalue weighted by molar-refractivity contribution is 7.19. The molecule has 0 unspecified atom stereocenters. The summed E-state index contributed by atoms with van der Waals surface area (Å²) in [5.74, 6) is 1.94. The summed E-state index contributed by atoms with van der Waals surface area (Å²) in [6.45, 7) is 4.37. The second kappa shape index (κ2) is 5.71. The third-order valence-corrected chi connectivity index (χ3v) is 6.01. The molecule has 2 fully saturated rings. The minimum atomic E-state index is 0.676. The molecule has 2 aromatic rings. The van der Waals surface area contributed by atoms with Gasteiger partial charge < -0.3 is 5.73 Å². The molecule has 0 bridgehead atoms. The smallest absolute Gasteiger partial charge is 0.0349 e. The van der Waals surface area contributed by atoms with Crippen molar-refractivity contribution >= 4 is 21.4 Å². The molecule has 4 rings (SSSR count). The molecule has 0 spiro atoms. The maximum absolute atomic E-state index is 6.01. The first-order valence-electron chi connectivity index (χ1n) is 8.25. The highest BCUT2D eigenvalue weighted by Crippen LogP contribution is 2.37. The molecule has 1 aromatic carbocycles. The van der Waals surface area contributed by atoms with Crippen LogP contribution in [0.5, 0.6) is 0 Å². The van der Waals surface area contributed by atoms with Crippen LogP contribution in [-0.2, 0) is 13.1 Å². The van der Waals surface area contributed by atoms with Crippen LogP contribution in [-0.4, -0.2) is 18.0 Å². The summed E-state index contributed by atoms with van der Waals surface area (Å²) in [5, 5.41) is 1.43.